The lowest BCUT2D eigenvalue weighted by molar-refractivity contribution is -0.0167. The lowest BCUT2D eigenvalue weighted by Crippen LogP contribution is -2.21. The van der Waals surface area contributed by atoms with Crippen LogP contribution in [0, 0.1) is 11.8 Å². The minimum Gasteiger partial charge on any atom is -0.377 e. The highest BCUT2D eigenvalue weighted by atomic mass is 35.6. The summed E-state index contributed by atoms with van der Waals surface area (Å²) >= 11 is 16.3. The van der Waals surface area contributed by atoms with Crippen LogP contribution in [0.15, 0.2) is 0 Å². The van der Waals surface area contributed by atoms with Crippen LogP contribution in [0.4, 0.5) is 0 Å². The molecule has 0 amide bonds. The fraction of sp³-hybridized carbons (Fsp3) is 1.00. The largest absolute Gasteiger partial charge is 0.377 e. The highest BCUT2D eigenvalue weighted by Gasteiger charge is 2.19. The molecule has 0 saturated heterocycles. The summed E-state index contributed by atoms with van der Waals surface area (Å²) in [5, 5.41) is 0. The fourth-order valence-corrected chi connectivity index (χ4v) is 1.06. The molecule has 0 aromatic carbocycles. The maximum absolute atomic E-state index is 5.49. The Labute approximate surface area is 134 Å². The lowest BCUT2D eigenvalue weighted by Gasteiger charge is -2.20. The molecule has 0 aromatic rings. The van der Waals surface area contributed by atoms with Gasteiger partial charge in [-0.1, -0.05) is 62.5 Å². The van der Waals surface area contributed by atoms with E-state index in [1.807, 2.05) is 13.8 Å². The van der Waals surface area contributed by atoms with Crippen LogP contribution in [-0.2, 0) is 9.47 Å². The Bertz CT molecular complexity index is 206. The standard InChI is InChI=1S/C8H18O.C6H11Cl3O/c1-7(2)6-9-8(3,4)5;1-5(2)3-10-4-6(7,8)9/h7H,6H2,1-5H3;5H,3-4H2,1-2H3. The Kier molecular flexibility index (Phi) is 12.2. The van der Waals surface area contributed by atoms with Gasteiger partial charge in [-0.3, -0.25) is 0 Å². The molecular weight excluding hydrogens is 307 g/mol. The molecule has 0 rings (SSSR count). The monoisotopic (exact) mass is 334 g/mol. The third-order valence-corrected chi connectivity index (χ3v) is 1.89. The summed E-state index contributed by atoms with van der Waals surface area (Å²) in [5.74, 6) is 1.12. The van der Waals surface area contributed by atoms with Crippen molar-refractivity contribution in [2.24, 2.45) is 11.8 Å². The normalized spacial score (nSPS) is 12.6. The molecular formula is C14H29Cl3O2. The topological polar surface area (TPSA) is 18.5 Å². The Morgan fingerprint density at radius 3 is 1.47 bits per heavy atom. The number of hydrogen-bond acceptors (Lipinski definition) is 2. The maximum atomic E-state index is 5.49. The van der Waals surface area contributed by atoms with Gasteiger partial charge in [0.1, 0.15) is 0 Å². The molecule has 0 spiro atoms. The average Bonchev–Trinajstić information content (AvgIpc) is 2.12. The number of alkyl halides is 3. The first-order chi connectivity index (χ1) is 8.33. The molecule has 0 fully saturated rings. The van der Waals surface area contributed by atoms with Crippen LogP contribution in [0.25, 0.3) is 0 Å². The van der Waals surface area contributed by atoms with Gasteiger partial charge in [-0.25, -0.2) is 0 Å². The van der Waals surface area contributed by atoms with Crippen LogP contribution in [0.3, 0.4) is 0 Å². The SMILES string of the molecule is CC(C)COC(C)(C)C.CC(C)COCC(Cl)(Cl)Cl. The molecule has 0 heterocycles. The molecule has 0 atom stereocenters. The summed E-state index contributed by atoms with van der Waals surface area (Å²) in [5.41, 5.74) is 0.0320. The van der Waals surface area contributed by atoms with Gasteiger partial charge in [0.2, 0.25) is 3.79 Å². The van der Waals surface area contributed by atoms with Crippen molar-refractivity contribution in [3.8, 4) is 0 Å². The van der Waals surface area contributed by atoms with Crippen molar-refractivity contribution in [3.63, 3.8) is 0 Å². The molecule has 0 unspecified atom stereocenters. The Hall–Kier alpha value is 0.790. The fourth-order valence-electron chi connectivity index (χ4n) is 0.827. The van der Waals surface area contributed by atoms with Gasteiger partial charge in [0.25, 0.3) is 0 Å². The summed E-state index contributed by atoms with van der Waals surface area (Å²) < 4.78 is 9.29. The van der Waals surface area contributed by atoms with Crippen molar-refractivity contribution in [3.05, 3.63) is 0 Å². The summed E-state index contributed by atoms with van der Waals surface area (Å²) in [7, 11) is 0. The molecule has 0 aliphatic carbocycles. The van der Waals surface area contributed by atoms with E-state index < -0.39 is 3.79 Å². The van der Waals surface area contributed by atoms with Gasteiger partial charge in [-0.2, -0.15) is 0 Å². The predicted octanol–water partition coefficient (Wildman–Crippen LogP) is 5.49. The van der Waals surface area contributed by atoms with E-state index in [0.29, 0.717) is 18.4 Å². The molecule has 5 heteroatoms. The van der Waals surface area contributed by atoms with Gasteiger partial charge in [0.05, 0.1) is 12.2 Å². The number of hydrogen-bond donors (Lipinski definition) is 0. The van der Waals surface area contributed by atoms with Crippen molar-refractivity contribution in [2.75, 3.05) is 19.8 Å². The number of rotatable bonds is 5. The van der Waals surface area contributed by atoms with Gasteiger partial charge in [0.15, 0.2) is 0 Å². The van der Waals surface area contributed by atoms with Crippen LogP contribution < -0.4 is 0 Å². The maximum Gasteiger partial charge on any atom is 0.213 e. The molecule has 0 saturated carbocycles. The smallest absolute Gasteiger partial charge is 0.213 e. The Morgan fingerprint density at radius 2 is 1.26 bits per heavy atom. The van der Waals surface area contributed by atoms with Crippen LogP contribution in [-0.4, -0.2) is 29.2 Å². The summed E-state index contributed by atoms with van der Waals surface area (Å²) in [6.45, 7) is 16.3. The van der Waals surface area contributed by atoms with Gasteiger partial charge in [-0.05, 0) is 32.6 Å². The molecule has 0 aromatic heterocycles. The zero-order chi connectivity index (χ0) is 15.7. The van der Waals surface area contributed by atoms with Crippen LogP contribution >= 0.6 is 34.8 Å². The highest BCUT2D eigenvalue weighted by Crippen LogP contribution is 2.25. The van der Waals surface area contributed by atoms with Crippen molar-refractivity contribution in [1.82, 2.24) is 0 Å². The van der Waals surface area contributed by atoms with Crippen molar-refractivity contribution < 1.29 is 9.47 Å². The van der Waals surface area contributed by atoms with E-state index in [1.54, 1.807) is 0 Å². The van der Waals surface area contributed by atoms with Crippen LogP contribution in [0.1, 0.15) is 48.5 Å². The first kappa shape index (κ1) is 22.1. The van der Waals surface area contributed by atoms with Crippen LogP contribution in [0.5, 0.6) is 0 Å². The highest BCUT2D eigenvalue weighted by molar-refractivity contribution is 6.67. The first-order valence-corrected chi connectivity index (χ1v) is 7.75. The summed E-state index contributed by atoms with van der Waals surface area (Å²) in [4.78, 5) is 0. The lowest BCUT2D eigenvalue weighted by atomic mass is 10.2. The van der Waals surface area contributed by atoms with Crippen LogP contribution in [0.2, 0.25) is 0 Å². The summed E-state index contributed by atoms with van der Waals surface area (Å²) in [6.07, 6.45) is 0. The number of halogens is 3. The second-order valence-corrected chi connectivity index (χ2v) is 8.86. The van der Waals surface area contributed by atoms with Gasteiger partial charge in [0, 0.05) is 13.2 Å². The molecule has 0 bridgehead atoms. The van der Waals surface area contributed by atoms with E-state index in [2.05, 4.69) is 34.6 Å². The van der Waals surface area contributed by atoms with E-state index in [1.165, 1.54) is 0 Å². The van der Waals surface area contributed by atoms with Crippen molar-refractivity contribution in [2.45, 2.75) is 57.9 Å². The van der Waals surface area contributed by atoms with Gasteiger partial charge in [-0.15, -0.1) is 0 Å². The third-order valence-electron chi connectivity index (χ3n) is 1.57. The minimum atomic E-state index is -1.27. The molecule has 0 N–H and O–H groups in total. The second kappa shape index (κ2) is 10.5. The van der Waals surface area contributed by atoms with E-state index in [-0.39, 0.29) is 12.2 Å². The predicted molar refractivity (Wildman–Crippen MR) is 86.5 cm³/mol. The minimum absolute atomic E-state index is 0.0320. The first-order valence-electron chi connectivity index (χ1n) is 6.62. The Morgan fingerprint density at radius 1 is 0.842 bits per heavy atom. The molecule has 118 valence electrons. The van der Waals surface area contributed by atoms with Gasteiger partial charge < -0.3 is 9.47 Å². The second-order valence-electron chi connectivity index (χ2n) is 6.34. The third kappa shape index (κ3) is 27.9. The van der Waals surface area contributed by atoms with Crippen molar-refractivity contribution in [1.29, 1.82) is 0 Å². The molecule has 0 radical (unpaired) electrons. The average molecular weight is 336 g/mol. The number of ether oxygens (including phenoxy) is 2. The molecule has 0 aliphatic rings. The molecule has 0 aliphatic heterocycles. The van der Waals surface area contributed by atoms with E-state index in [0.717, 1.165) is 6.61 Å². The molecule has 19 heavy (non-hydrogen) atoms. The summed E-state index contributed by atoms with van der Waals surface area (Å²) in [6, 6.07) is 0. The molecule has 2 nitrogen and oxygen atoms in total. The van der Waals surface area contributed by atoms with Gasteiger partial charge >= 0.3 is 0 Å². The zero-order valence-corrected chi connectivity index (χ0v) is 15.5. The zero-order valence-electron chi connectivity index (χ0n) is 13.2. The van der Waals surface area contributed by atoms with E-state index in [4.69, 9.17) is 44.3 Å². The quantitative estimate of drug-likeness (QED) is 0.619. The van der Waals surface area contributed by atoms with E-state index >= 15 is 0 Å². The van der Waals surface area contributed by atoms with Crippen molar-refractivity contribution >= 4 is 34.8 Å². The van der Waals surface area contributed by atoms with E-state index in [9.17, 15) is 0 Å². The Balaban J connectivity index is 0.